The van der Waals surface area contributed by atoms with Crippen LogP contribution in [0.15, 0.2) is 18.2 Å². The molecule has 26 heavy (non-hydrogen) atoms. The quantitative estimate of drug-likeness (QED) is 0.772. The van der Waals surface area contributed by atoms with Gasteiger partial charge in [0.15, 0.2) is 0 Å². The van der Waals surface area contributed by atoms with Crippen LogP contribution in [0.1, 0.15) is 23.2 Å². The van der Waals surface area contributed by atoms with E-state index in [2.05, 4.69) is 9.62 Å². The molecule has 1 unspecified atom stereocenters. The molecule has 0 saturated carbocycles. The Labute approximate surface area is 154 Å². The second-order valence-corrected chi connectivity index (χ2v) is 7.35. The van der Waals surface area contributed by atoms with Crippen LogP contribution >= 0.6 is 0 Å². The number of carbonyl (C=O) groups is 1. The Kier molecular flexibility index (Phi) is 6.58. The minimum Gasteiger partial charge on any atom is -0.755 e. The number of ether oxygens (including phenoxy) is 1. The third-order valence-electron chi connectivity index (χ3n) is 4.92. The molecule has 1 atom stereocenters. The smallest absolute Gasteiger partial charge is 0.256 e. The SMILES string of the molecule is O=C(c1ccc(NS(=O)[O-])cc1F)N1CCN(CC2CCOCC2)CC1. The van der Waals surface area contributed by atoms with Crippen molar-refractivity contribution in [1.82, 2.24) is 9.80 Å². The summed E-state index contributed by atoms with van der Waals surface area (Å²) in [5.74, 6) is -0.437. The molecule has 0 radical (unpaired) electrons. The van der Waals surface area contributed by atoms with E-state index in [9.17, 15) is 17.9 Å². The Hall–Kier alpha value is -1.55. The van der Waals surface area contributed by atoms with Crippen molar-refractivity contribution in [3.8, 4) is 0 Å². The van der Waals surface area contributed by atoms with Crippen LogP contribution in [0.4, 0.5) is 10.1 Å². The number of benzene rings is 1. The summed E-state index contributed by atoms with van der Waals surface area (Å²) in [6.45, 7) is 5.35. The highest BCUT2D eigenvalue weighted by atomic mass is 32.2. The van der Waals surface area contributed by atoms with Crippen molar-refractivity contribution in [1.29, 1.82) is 0 Å². The van der Waals surface area contributed by atoms with E-state index in [1.807, 2.05) is 0 Å². The number of carbonyl (C=O) groups excluding carboxylic acids is 1. The second kappa shape index (κ2) is 8.90. The predicted molar refractivity (Wildman–Crippen MR) is 94.8 cm³/mol. The molecule has 2 heterocycles. The summed E-state index contributed by atoms with van der Waals surface area (Å²) in [7, 11) is 0. The lowest BCUT2D eigenvalue weighted by Crippen LogP contribution is -2.50. The van der Waals surface area contributed by atoms with Crippen LogP contribution in [-0.2, 0) is 16.0 Å². The second-order valence-electron chi connectivity index (χ2n) is 6.68. The number of halogens is 1. The monoisotopic (exact) mass is 384 g/mol. The molecule has 144 valence electrons. The molecule has 7 nitrogen and oxygen atoms in total. The highest BCUT2D eigenvalue weighted by molar-refractivity contribution is 7.80. The van der Waals surface area contributed by atoms with Gasteiger partial charge in [0, 0.05) is 62.9 Å². The van der Waals surface area contributed by atoms with Crippen LogP contribution in [0.5, 0.6) is 0 Å². The molecular weight excluding hydrogens is 361 g/mol. The van der Waals surface area contributed by atoms with E-state index in [0.29, 0.717) is 19.0 Å². The van der Waals surface area contributed by atoms with Gasteiger partial charge in [0.25, 0.3) is 5.91 Å². The zero-order chi connectivity index (χ0) is 18.5. The van der Waals surface area contributed by atoms with Crippen molar-refractivity contribution in [2.75, 3.05) is 50.7 Å². The Bertz CT molecular complexity index is 661. The van der Waals surface area contributed by atoms with Crippen molar-refractivity contribution in [2.45, 2.75) is 12.8 Å². The molecule has 0 spiro atoms. The largest absolute Gasteiger partial charge is 0.755 e. The number of piperazine rings is 1. The molecule has 1 amide bonds. The zero-order valence-electron chi connectivity index (χ0n) is 14.5. The topological polar surface area (TPSA) is 84.9 Å². The molecule has 2 aliphatic heterocycles. The third-order valence-corrected chi connectivity index (χ3v) is 5.32. The molecule has 0 aromatic heterocycles. The van der Waals surface area contributed by atoms with Gasteiger partial charge in [0.05, 0.1) is 5.56 Å². The molecule has 0 bridgehead atoms. The van der Waals surface area contributed by atoms with Gasteiger partial charge in [-0.1, -0.05) is 0 Å². The predicted octanol–water partition coefficient (Wildman–Crippen LogP) is 1.22. The zero-order valence-corrected chi connectivity index (χ0v) is 15.3. The summed E-state index contributed by atoms with van der Waals surface area (Å²) in [6.07, 6.45) is 2.16. The number of amides is 1. The summed E-state index contributed by atoms with van der Waals surface area (Å²) in [5.41, 5.74) is 0.0544. The van der Waals surface area contributed by atoms with Gasteiger partial charge >= 0.3 is 0 Å². The Morgan fingerprint density at radius 3 is 2.58 bits per heavy atom. The lowest BCUT2D eigenvalue weighted by Gasteiger charge is -2.37. The van der Waals surface area contributed by atoms with Crippen LogP contribution < -0.4 is 4.72 Å². The van der Waals surface area contributed by atoms with Gasteiger partial charge < -0.3 is 18.9 Å². The van der Waals surface area contributed by atoms with Crippen LogP contribution in [0.25, 0.3) is 0 Å². The minimum absolute atomic E-state index is 0.0369. The number of hydrogen-bond acceptors (Lipinski definition) is 5. The highest BCUT2D eigenvalue weighted by Crippen LogP contribution is 2.20. The fourth-order valence-corrected chi connectivity index (χ4v) is 3.77. The molecule has 9 heteroatoms. The maximum Gasteiger partial charge on any atom is 0.256 e. The molecule has 1 N–H and O–H groups in total. The first kappa shape index (κ1) is 19.2. The van der Waals surface area contributed by atoms with Crippen molar-refractivity contribution in [3.63, 3.8) is 0 Å². The summed E-state index contributed by atoms with van der Waals surface area (Å²) in [6, 6.07) is 3.72. The summed E-state index contributed by atoms with van der Waals surface area (Å²) >= 11 is -2.53. The van der Waals surface area contributed by atoms with E-state index in [-0.39, 0.29) is 17.2 Å². The van der Waals surface area contributed by atoms with E-state index < -0.39 is 17.1 Å². The van der Waals surface area contributed by atoms with Gasteiger partial charge in [-0.05, 0) is 37.0 Å². The first-order valence-electron chi connectivity index (χ1n) is 8.78. The average molecular weight is 384 g/mol. The summed E-state index contributed by atoms with van der Waals surface area (Å²) in [4.78, 5) is 16.6. The fraction of sp³-hybridized carbons (Fsp3) is 0.588. The minimum atomic E-state index is -2.53. The fourth-order valence-electron chi connectivity index (χ4n) is 3.45. The molecule has 3 rings (SSSR count). The third kappa shape index (κ3) is 5.00. The molecule has 1 aromatic rings. The van der Waals surface area contributed by atoms with E-state index in [1.54, 1.807) is 4.90 Å². The molecule has 1 aromatic carbocycles. The maximum absolute atomic E-state index is 14.2. The normalized spacial score (nSPS) is 20.8. The van der Waals surface area contributed by atoms with Crippen molar-refractivity contribution in [2.24, 2.45) is 5.92 Å². The standard InChI is InChI=1S/C17H24FN3O4S/c18-16-11-14(19-26(23)24)1-2-15(16)17(22)21-7-5-20(6-8-21)12-13-3-9-25-10-4-13/h1-2,11,13,19H,3-10,12H2,(H,23,24)/p-1. The van der Waals surface area contributed by atoms with Crippen LogP contribution in [0, 0.1) is 11.7 Å². The average Bonchev–Trinajstić information content (AvgIpc) is 2.62. The van der Waals surface area contributed by atoms with Crippen LogP contribution in [-0.4, -0.2) is 70.4 Å². The van der Waals surface area contributed by atoms with Gasteiger partial charge in [-0.3, -0.25) is 13.9 Å². The van der Waals surface area contributed by atoms with Crippen LogP contribution in [0.2, 0.25) is 0 Å². The number of nitrogens with zero attached hydrogens (tertiary/aromatic N) is 2. The Morgan fingerprint density at radius 2 is 1.96 bits per heavy atom. The first-order chi connectivity index (χ1) is 12.5. The van der Waals surface area contributed by atoms with Crippen molar-refractivity contribution in [3.05, 3.63) is 29.6 Å². The van der Waals surface area contributed by atoms with E-state index in [1.165, 1.54) is 12.1 Å². The molecule has 2 aliphatic rings. The van der Waals surface area contributed by atoms with Crippen molar-refractivity contribution >= 4 is 22.9 Å². The molecule has 0 aliphatic carbocycles. The Balaban J connectivity index is 1.53. The van der Waals surface area contributed by atoms with E-state index in [0.717, 1.165) is 51.8 Å². The first-order valence-corrected chi connectivity index (χ1v) is 9.85. The summed E-state index contributed by atoms with van der Waals surface area (Å²) in [5, 5.41) is 0. The van der Waals surface area contributed by atoms with Gasteiger partial charge in [0.2, 0.25) is 0 Å². The van der Waals surface area contributed by atoms with E-state index in [4.69, 9.17) is 4.74 Å². The Morgan fingerprint density at radius 1 is 1.27 bits per heavy atom. The molecule has 2 saturated heterocycles. The lowest BCUT2D eigenvalue weighted by atomic mass is 9.99. The number of anilines is 1. The maximum atomic E-state index is 14.2. The molecule has 2 fully saturated rings. The van der Waals surface area contributed by atoms with Gasteiger partial charge in [-0.15, -0.1) is 0 Å². The number of hydrogen-bond donors (Lipinski definition) is 1. The van der Waals surface area contributed by atoms with E-state index >= 15 is 0 Å². The van der Waals surface area contributed by atoms with Gasteiger partial charge in [-0.2, -0.15) is 0 Å². The number of rotatable bonds is 5. The lowest BCUT2D eigenvalue weighted by molar-refractivity contribution is 0.0392. The van der Waals surface area contributed by atoms with Crippen molar-refractivity contribution < 1.29 is 22.7 Å². The summed E-state index contributed by atoms with van der Waals surface area (Å²) < 4.78 is 42.8. The van der Waals surface area contributed by atoms with Gasteiger partial charge in [-0.25, -0.2) is 4.39 Å². The molecular formula is C17H23FN3O4S-. The van der Waals surface area contributed by atoms with Crippen LogP contribution in [0.3, 0.4) is 0 Å². The highest BCUT2D eigenvalue weighted by Gasteiger charge is 2.26. The van der Waals surface area contributed by atoms with Gasteiger partial charge in [0.1, 0.15) is 5.82 Å². The number of nitrogens with one attached hydrogen (secondary N) is 1.